The smallest absolute Gasteiger partial charge is 0.475 e. The highest BCUT2D eigenvalue weighted by molar-refractivity contribution is 5.75. The number of aromatic nitrogens is 2. The van der Waals surface area contributed by atoms with E-state index in [1.54, 1.807) is 7.11 Å². The molecule has 8 nitrogen and oxygen atoms in total. The summed E-state index contributed by atoms with van der Waals surface area (Å²) in [7, 11) is 1.80. The van der Waals surface area contributed by atoms with Crippen LogP contribution in [0, 0.1) is 5.92 Å². The number of piperidine rings is 1. The van der Waals surface area contributed by atoms with Crippen LogP contribution in [0.3, 0.4) is 0 Å². The number of para-hydroxylation sites is 2. The van der Waals surface area contributed by atoms with Crippen molar-refractivity contribution in [3.05, 3.63) is 30.6 Å². The van der Waals surface area contributed by atoms with Gasteiger partial charge in [-0.1, -0.05) is 12.1 Å². The number of benzene rings is 1. The van der Waals surface area contributed by atoms with Crippen LogP contribution in [0.15, 0.2) is 30.6 Å². The first-order valence-corrected chi connectivity index (χ1v) is 10.4. The molecule has 1 saturated heterocycles. The number of hydrogen-bond donors (Lipinski definition) is 2. The van der Waals surface area contributed by atoms with Gasteiger partial charge in [-0.25, -0.2) is 14.6 Å². The maximum Gasteiger partial charge on any atom is 0.490 e. The lowest BCUT2D eigenvalue weighted by atomic mass is 9.98. The molecule has 35 heavy (non-hydrogen) atoms. The van der Waals surface area contributed by atoms with Gasteiger partial charge in [-0.05, 0) is 44.4 Å². The summed E-state index contributed by atoms with van der Waals surface area (Å²) in [5.74, 6) is -4.82. The molecular weight excluding hydrogens is 488 g/mol. The Morgan fingerprint density at radius 3 is 2.17 bits per heavy atom. The lowest BCUT2D eigenvalue weighted by Crippen LogP contribution is -2.39. The van der Waals surface area contributed by atoms with Crippen LogP contribution < -0.4 is 0 Å². The van der Waals surface area contributed by atoms with E-state index in [4.69, 9.17) is 24.5 Å². The van der Waals surface area contributed by atoms with Crippen molar-refractivity contribution in [3.63, 3.8) is 0 Å². The van der Waals surface area contributed by atoms with Crippen molar-refractivity contribution in [1.82, 2.24) is 14.5 Å². The molecule has 0 radical (unpaired) electrons. The van der Waals surface area contributed by atoms with Crippen LogP contribution in [-0.2, 0) is 14.3 Å². The van der Waals surface area contributed by atoms with Gasteiger partial charge in [0.25, 0.3) is 0 Å². The Bertz CT molecular complexity index is 921. The minimum absolute atomic E-state index is 0.443. The number of hydrogen-bond acceptors (Lipinski definition) is 5. The molecule has 2 N–H and O–H groups in total. The number of carboxylic acid groups (broad SMARTS) is 2. The predicted octanol–water partition coefficient (Wildman–Crippen LogP) is 4.22. The highest BCUT2D eigenvalue weighted by Gasteiger charge is 2.38. The fourth-order valence-electron chi connectivity index (χ4n) is 3.48. The topological polar surface area (TPSA) is 105 Å². The van der Waals surface area contributed by atoms with E-state index >= 15 is 0 Å². The van der Waals surface area contributed by atoms with Gasteiger partial charge >= 0.3 is 24.3 Å². The first kappa shape index (κ1) is 30.2. The molecule has 1 aliphatic heterocycles. The first-order chi connectivity index (χ1) is 16.2. The largest absolute Gasteiger partial charge is 0.490 e. The number of carboxylic acids is 2. The molecule has 2 unspecified atom stereocenters. The summed E-state index contributed by atoms with van der Waals surface area (Å²) in [4.78, 5) is 24.9. The molecule has 2 heterocycles. The normalized spacial score (nSPS) is 17.5. The van der Waals surface area contributed by atoms with Crippen LogP contribution in [-0.4, -0.2) is 82.3 Å². The molecule has 1 aromatic heterocycles. The summed E-state index contributed by atoms with van der Waals surface area (Å²) < 4.78 is 71.1. The molecule has 198 valence electrons. The van der Waals surface area contributed by atoms with Gasteiger partial charge in [-0.15, -0.1) is 0 Å². The third kappa shape index (κ3) is 10.5. The molecule has 2 atom stereocenters. The number of ether oxygens (including phenoxy) is 1. The highest BCUT2D eigenvalue weighted by atomic mass is 19.4. The number of likely N-dealkylation sites (tertiary alicyclic amines) is 1. The molecule has 0 aliphatic carbocycles. The van der Waals surface area contributed by atoms with E-state index < -0.39 is 24.3 Å². The van der Waals surface area contributed by atoms with E-state index in [1.807, 2.05) is 12.4 Å². The zero-order valence-electron chi connectivity index (χ0n) is 19.0. The van der Waals surface area contributed by atoms with Gasteiger partial charge < -0.3 is 24.4 Å². The Balaban J connectivity index is 0.000000362. The summed E-state index contributed by atoms with van der Waals surface area (Å²) in [5, 5.41) is 14.2. The van der Waals surface area contributed by atoms with Gasteiger partial charge in [-0.2, -0.15) is 26.3 Å². The van der Waals surface area contributed by atoms with Gasteiger partial charge in [0.15, 0.2) is 0 Å². The molecule has 0 bridgehead atoms. The molecule has 1 aromatic carbocycles. The number of fused-ring (bicyclic) bond motifs is 1. The fourth-order valence-corrected chi connectivity index (χ4v) is 3.48. The van der Waals surface area contributed by atoms with Crippen LogP contribution in [0.1, 0.15) is 25.8 Å². The Morgan fingerprint density at radius 2 is 1.66 bits per heavy atom. The van der Waals surface area contributed by atoms with Crippen molar-refractivity contribution < 1.29 is 50.9 Å². The van der Waals surface area contributed by atoms with Crippen LogP contribution in [0.2, 0.25) is 0 Å². The average molecular weight is 515 g/mol. The predicted molar refractivity (Wildman–Crippen MR) is 113 cm³/mol. The zero-order valence-corrected chi connectivity index (χ0v) is 19.0. The van der Waals surface area contributed by atoms with Gasteiger partial charge in [0, 0.05) is 26.2 Å². The quantitative estimate of drug-likeness (QED) is 0.575. The first-order valence-electron chi connectivity index (χ1n) is 10.4. The summed E-state index contributed by atoms with van der Waals surface area (Å²) >= 11 is 0. The molecular formula is C21H27F6N3O5. The standard InChI is InChI=1S/C17H25N3O.2C2HF3O2/c1-14(10-19-9-5-6-15(11-19)12-21-2)20-13-18-16-7-3-4-8-17(16)20;2*3-2(4,5)1(6)7/h3-4,7-8,13-15H,5-6,9-12H2,1-2H3;2*(H,6,7). The Morgan fingerprint density at radius 1 is 1.11 bits per heavy atom. The molecule has 14 heteroatoms. The van der Waals surface area contributed by atoms with E-state index in [0.29, 0.717) is 12.0 Å². The second-order valence-corrected chi connectivity index (χ2v) is 7.82. The number of nitrogens with zero attached hydrogens (tertiary/aromatic N) is 3. The second kappa shape index (κ2) is 13.3. The Labute approximate surface area is 197 Å². The third-order valence-corrected chi connectivity index (χ3v) is 4.97. The summed E-state index contributed by atoms with van der Waals surface area (Å²) in [6.07, 6.45) is -5.61. The highest BCUT2D eigenvalue weighted by Crippen LogP contribution is 2.22. The monoisotopic (exact) mass is 515 g/mol. The maximum absolute atomic E-state index is 10.6. The lowest BCUT2D eigenvalue weighted by molar-refractivity contribution is -0.193. The lowest BCUT2D eigenvalue weighted by Gasteiger charge is -2.34. The minimum atomic E-state index is -5.08. The van der Waals surface area contributed by atoms with Gasteiger partial charge in [0.2, 0.25) is 0 Å². The molecule has 0 saturated carbocycles. The van der Waals surface area contributed by atoms with Crippen LogP contribution in [0.25, 0.3) is 11.0 Å². The molecule has 1 aliphatic rings. The van der Waals surface area contributed by atoms with E-state index in [-0.39, 0.29) is 0 Å². The molecule has 3 rings (SSSR count). The average Bonchev–Trinajstić information content (AvgIpc) is 3.18. The van der Waals surface area contributed by atoms with Crippen LogP contribution >= 0.6 is 0 Å². The number of aliphatic carboxylic acids is 2. The Hall–Kier alpha value is -2.87. The summed E-state index contributed by atoms with van der Waals surface area (Å²) in [5.41, 5.74) is 2.32. The Kier molecular flexibility index (Phi) is 11.4. The molecule has 0 spiro atoms. The fraction of sp³-hybridized carbons (Fsp3) is 0.571. The van der Waals surface area contributed by atoms with Crippen molar-refractivity contribution in [2.45, 2.75) is 38.2 Å². The van der Waals surface area contributed by atoms with Gasteiger partial charge in [-0.3, -0.25) is 0 Å². The van der Waals surface area contributed by atoms with E-state index in [0.717, 1.165) is 25.2 Å². The molecule has 0 amide bonds. The van der Waals surface area contributed by atoms with Crippen molar-refractivity contribution in [1.29, 1.82) is 0 Å². The molecule has 2 aromatic rings. The van der Waals surface area contributed by atoms with E-state index in [2.05, 4.69) is 39.6 Å². The molecule has 1 fully saturated rings. The SMILES string of the molecule is COCC1CCCN(CC(C)n2cnc3ccccc32)C1.O=C(O)C(F)(F)F.O=C(O)C(F)(F)F. The number of carbonyl (C=O) groups is 2. The summed E-state index contributed by atoms with van der Waals surface area (Å²) in [6, 6.07) is 8.81. The number of alkyl halides is 6. The van der Waals surface area contributed by atoms with E-state index in [1.165, 1.54) is 24.9 Å². The number of imidazole rings is 1. The zero-order chi connectivity index (χ0) is 26.8. The van der Waals surface area contributed by atoms with Crippen LogP contribution in [0.4, 0.5) is 26.3 Å². The van der Waals surface area contributed by atoms with Crippen molar-refractivity contribution >= 4 is 23.0 Å². The number of halogens is 6. The van der Waals surface area contributed by atoms with Gasteiger partial charge in [0.05, 0.1) is 24.0 Å². The maximum atomic E-state index is 10.6. The second-order valence-electron chi connectivity index (χ2n) is 7.82. The van der Waals surface area contributed by atoms with Crippen LogP contribution in [0.5, 0.6) is 0 Å². The van der Waals surface area contributed by atoms with E-state index in [9.17, 15) is 26.3 Å². The summed E-state index contributed by atoms with van der Waals surface area (Å²) in [6.45, 7) is 6.62. The van der Waals surface area contributed by atoms with Crippen molar-refractivity contribution in [3.8, 4) is 0 Å². The third-order valence-electron chi connectivity index (χ3n) is 4.97. The number of methoxy groups -OCH3 is 1. The minimum Gasteiger partial charge on any atom is -0.475 e. The van der Waals surface area contributed by atoms with Crippen molar-refractivity contribution in [2.24, 2.45) is 5.92 Å². The van der Waals surface area contributed by atoms with Crippen molar-refractivity contribution in [2.75, 3.05) is 33.4 Å². The number of rotatable bonds is 5. The van der Waals surface area contributed by atoms with Gasteiger partial charge in [0.1, 0.15) is 0 Å².